The first-order chi connectivity index (χ1) is 11.1. The van der Waals surface area contributed by atoms with Gasteiger partial charge in [0.2, 0.25) is 5.78 Å². The number of nitrogens with zero attached hydrogens (tertiary/aromatic N) is 1. The van der Waals surface area contributed by atoms with Crippen molar-refractivity contribution in [3.63, 3.8) is 0 Å². The Hall–Kier alpha value is -1.39. The van der Waals surface area contributed by atoms with Crippen LogP contribution in [0.1, 0.15) is 51.0 Å². The summed E-state index contributed by atoms with van der Waals surface area (Å²) in [6.07, 6.45) is 4.37. The molecule has 1 aliphatic heterocycles. The Balaban J connectivity index is 1.97. The van der Waals surface area contributed by atoms with E-state index in [0.29, 0.717) is 23.8 Å². The van der Waals surface area contributed by atoms with Crippen LogP contribution < -0.4 is 5.73 Å². The number of ketones is 1. The minimum absolute atomic E-state index is 0.0420. The molecule has 0 spiro atoms. The van der Waals surface area contributed by atoms with Gasteiger partial charge in [-0.05, 0) is 38.2 Å². The molecule has 3 unspecified atom stereocenters. The lowest BCUT2D eigenvalue weighted by molar-refractivity contribution is -0.137. The van der Waals surface area contributed by atoms with Gasteiger partial charge >= 0.3 is 0 Å². The second kappa shape index (κ2) is 6.62. The van der Waals surface area contributed by atoms with E-state index in [1.807, 2.05) is 24.3 Å². The zero-order valence-electron chi connectivity index (χ0n) is 13.4. The maximum atomic E-state index is 12.9. The van der Waals surface area contributed by atoms with Crippen LogP contribution in [0.5, 0.6) is 0 Å². The lowest BCUT2D eigenvalue weighted by atomic mass is 9.74. The summed E-state index contributed by atoms with van der Waals surface area (Å²) in [5.74, 6) is 0.693. The van der Waals surface area contributed by atoms with Crippen LogP contribution in [-0.2, 0) is 15.1 Å². The number of carbonyl (C=O) groups excluding carboxylic acids is 1. The topological polar surface area (TPSA) is 64.7 Å². The highest BCUT2D eigenvalue weighted by Gasteiger charge is 2.51. The third-order valence-electron chi connectivity index (χ3n) is 4.87. The number of rotatable bonds is 5. The van der Waals surface area contributed by atoms with Crippen LogP contribution >= 0.6 is 11.6 Å². The van der Waals surface area contributed by atoms with E-state index in [0.717, 1.165) is 31.2 Å². The Bertz CT molecular complexity index is 631. The molecular formula is C18H23ClN2O2. The number of halogens is 1. The van der Waals surface area contributed by atoms with E-state index in [2.05, 4.69) is 6.92 Å². The smallest absolute Gasteiger partial charge is 0.205 e. The number of ether oxygens (including phenoxy) is 1. The Morgan fingerprint density at radius 1 is 1.48 bits per heavy atom. The first-order valence-electron chi connectivity index (χ1n) is 8.37. The van der Waals surface area contributed by atoms with Crippen molar-refractivity contribution < 1.29 is 9.53 Å². The first-order valence-corrected chi connectivity index (χ1v) is 8.75. The fourth-order valence-electron chi connectivity index (χ4n) is 3.44. The Morgan fingerprint density at radius 2 is 2.26 bits per heavy atom. The maximum Gasteiger partial charge on any atom is 0.205 e. The van der Waals surface area contributed by atoms with Gasteiger partial charge < -0.3 is 10.5 Å². The average molecular weight is 335 g/mol. The van der Waals surface area contributed by atoms with E-state index in [1.165, 1.54) is 0 Å². The van der Waals surface area contributed by atoms with Crippen molar-refractivity contribution in [2.24, 2.45) is 10.7 Å². The molecule has 1 aliphatic carbocycles. The van der Waals surface area contributed by atoms with E-state index in [4.69, 9.17) is 27.1 Å². The van der Waals surface area contributed by atoms with Gasteiger partial charge in [-0.25, -0.2) is 4.99 Å². The Labute approximate surface area is 142 Å². The summed E-state index contributed by atoms with van der Waals surface area (Å²) in [5, 5.41) is 0.594. The molecule has 0 radical (unpaired) electrons. The van der Waals surface area contributed by atoms with E-state index in [-0.39, 0.29) is 11.8 Å². The largest absolute Gasteiger partial charge is 0.470 e. The monoisotopic (exact) mass is 334 g/mol. The molecule has 3 atom stereocenters. The van der Waals surface area contributed by atoms with Gasteiger partial charge in [0.1, 0.15) is 0 Å². The van der Waals surface area contributed by atoms with Gasteiger partial charge in [0.25, 0.3) is 0 Å². The first kappa shape index (κ1) is 16.5. The van der Waals surface area contributed by atoms with Crippen LogP contribution in [0.25, 0.3) is 0 Å². The minimum Gasteiger partial charge on any atom is -0.470 e. The lowest BCUT2D eigenvalue weighted by Gasteiger charge is -2.41. The molecule has 1 heterocycles. The summed E-state index contributed by atoms with van der Waals surface area (Å²) in [5.41, 5.74) is 5.94. The molecule has 4 nitrogen and oxygen atoms in total. The zero-order chi connectivity index (χ0) is 16.4. The second-order valence-corrected chi connectivity index (χ2v) is 6.82. The number of hydrogen-bond donors (Lipinski definition) is 1. The quantitative estimate of drug-likeness (QED) is 0.894. The number of fused-ring (bicyclic) bond motifs is 2. The summed E-state index contributed by atoms with van der Waals surface area (Å²) < 4.78 is 5.85. The highest BCUT2D eigenvalue weighted by atomic mass is 35.5. The molecule has 23 heavy (non-hydrogen) atoms. The van der Waals surface area contributed by atoms with Crippen LogP contribution in [0, 0.1) is 0 Å². The van der Waals surface area contributed by atoms with Gasteiger partial charge in [-0.2, -0.15) is 0 Å². The summed E-state index contributed by atoms with van der Waals surface area (Å²) in [6, 6.07) is 7.64. The summed E-state index contributed by atoms with van der Waals surface area (Å²) in [6.45, 7) is 2.07. The lowest BCUT2D eigenvalue weighted by Crippen LogP contribution is -2.51. The fourth-order valence-corrected chi connectivity index (χ4v) is 3.73. The highest BCUT2D eigenvalue weighted by molar-refractivity contribution is 6.32. The molecule has 1 aromatic carbocycles. The van der Waals surface area contributed by atoms with Crippen LogP contribution in [0.4, 0.5) is 0 Å². The van der Waals surface area contributed by atoms with Gasteiger partial charge in [0, 0.05) is 23.0 Å². The van der Waals surface area contributed by atoms with Crippen LogP contribution in [0.3, 0.4) is 0 Å². The van der Waals surface area contributed by atoms with Gasteiger partial charge in [-0.15, -0.1) is 0 Å². The van der Waals surface area contributed by atoms with Crippen molar-refractivity contribution in [2.45, 2.75) is 63.1 Å². The number of Topliss-reactive ketones (excluding diaryl/α,β-unsaturated/α-hetero) is 1. The number of nitrogens with two attached hydrogens (primary N) is 1. The van der Waals surface area contributed by atoms with Gasteiger partial charge in [0.05, 0.1) is 0 Å². The molecule has 0 saturated heterocycles. The van der Waals surface area contributed by atoms with E-state index in [1.54, 1.807) is 0 Å². The predicted octanol–water partition coefficient (Wildman–Crippen LogP) is 3.60. The van der Waals surface area contributed by atoms with Crippen LogP contribution in [0.2, 0.25) is 5.02 Å². The molecule has 2 N–H and O–H groups in total. The molecule has 5 heteroatoms. The zero-order valence-corrected chi connectivity index (χ0v) is 14.2. The number of carbonyl (C=O) groups is 1. The molecule has 1 saturated carbocycles. The van der Waals surface area contributed by atoms with Crippen LogP contribution in [-0.4, -0.2) is 23.8 Å². The molecule has 2 aliphatic rings. The summed E-state index contributed by atoms with van der Waals surface area (Å²) in [4.78, 5) is 17.7. The van der Waals surface area contributed by atoms with Crippen molar-refractivity contribution in [2.75, 3.05) is 0 Å². The van der Waals surface area contributed by atoms with E-state index in [9.17, 15) is 4.79 Å². The van der Waals surface area contributed by atoms with Gasteiger partial charge in [0.15, 0.2) is 17.5 Å². The highest BCUT2D eigenvalue weighted by Crippen LogP contribution is 2.44. The number of benzene rings is 1. The molecule has 3 rings (SSSR count). The minimum atomic E-state index is -0.870. The van der Waals surface area contributed by atoms with Crippen LogP contribution in [0.15, 0.2) is 29.3 Å². The third-order valence-corrected chi connectivity index (χ3v) is 5.20. The Kier molecular flexibility index (Phi) is 4.74. The Morgan fingerprint density at radius 3 is 3.00 bits per heavy atom. The molecule has 2 bridgehead atoms. The average Bonchev–Trinajstić information content (AvgIpc) is 2.54. The van der Waals surface area contributed by atoms with Crippen molar-refractivity contribution in [1.82, 2.24) is 0 Å². The SMILES string of the molecule is CCC(N)CCC1=NC2(c3ccccc3Cl)CCCC(O1)C2=O. The maximum absolute atomic E-state index is 12.9. The number of hydrogen-bond acceptors (Lipinski definition) is 4. The van der Waals surface area contributed by atoms with Gasteiger partial charge in [-0.1, -0.05) is 36.7 Å². The molecule has 1 aromatic rings. The molecule has 1 fully saturated rings. The second-order valence-electron chi connectivity index (χ2n) is 6.42. The molecule has 0 aromatic heterocycles. The third kappa shape index (κ3) is 3.02. The molecule has 124 valence electrons. The summed E-state index contributed by atoms with van der Waals surface area (Å²) >= 11 is 6.38. The molecular weight excluding hydrogens is 312 g/mol. The van der Waals surface area contributed by atoms with Crippen molar-refractivity contribution in [3.05, 3.63) is 34.9 Å². The summed E-state index contributed by atoms with van der Waals surface area (Å²) in [7, 11) is 0. The predicted molar refractivity (Wildman–Crippen MR) is 91.8 cm³/mol. The van der Waals surface area contributed by atoms with Crippen molar-refractivity contribution >= 4 is 23.3 Å². The standard InChI is InChI=1S/C18H23ClN2O2/c1-2-12(20)9-10-16-21-18(13-6-3-4-7-14(13)19)11-5-8-15(23-16)17(18)22/h3-4,6-7,12,15H,2,5,8-11,20H2,1H3. The fraction of sp³-hybridized carbons (Fsp3) is 0.556. The number of aliphatic imine (C=N–C) groups is 1. The normalized spacial score (nSPS) is 28.0. The molecule has 0 amide bonds. The van der Waals surface area contributed by atoms with Gasteiger partial charge in [-0.3, -0.25) is 4.79 Å². The van der Waals surface area contributed by atoms with E-state index >= 15 is 0 Å². The van der Waals surface area contributed by atoms with Crippen molar-refractivity contribution in [1.29, 1.82) is 0 Å². The van der Waals surface area contributed by atoms with Crippen molar-refractivity contribution in [3.8, 4) is 0 Å². The van der Waals surface area contributed by atoms with E-state index < -0.39 is 11.6 Å².